The molecule has 1 heterocycles. The van der Waals surface area contributed by atoms with Gasteiger partial charge in [-0.1, -0.05) is 0 Å². The van der Waals surface area contributed by atoms with Crippen LogP contribution in [0.4, 0.5) is 23.7 Å². The van der Waals surface area contributed by atoms with Crippen LogP contribution < -0.4 is 14.8 Å². The first-order chi connectivity index (χ1) is 15.0. The van der Waals surface area contributed by atoms with Crippen LogP contribution in [-0.4, -0.2) is 54.4 Å². The van der Waals surface area contributed by atoms with Crippen molar-refractivity contribution < 1.29 is 37.0 Å². The molecule has 1 saturated heterocycles. The number of ether oxygens (including phenoxy) is 2. The third-order valence-electron chi connectivity index (χ3n) is 4.78. The number of hydrogen-bond donors (Lipinski definition) is 1. The Balaban J connectivity index is 1.80. The van der Waals surface area contributed by atoms with Gasteiger partial charge in [0.15, 0.2) is 0 Å². The van der Waals surface area contributed by atoms with Crippen LogP contribution in [-0.2, 0) is 15.8 Å². The van der Waals surface area contributed by atoms with E-state index in [0.717, 1.165) is 17.0 Å². The summed E-state index contributed by atoms with van der Waals surface area (Å²) in [5.74, 6) is -0.506. The van der Waals surface area contributed by atoms with Crippen molar-refractivity contribution in [2.45, 2.75) is 19.1 Å². The highest BCUT2D eigenvalue weighted by atomic mass is 19.4. The number of likely N-dealkylation sites (N-methyl/N-ethyl adjacent to an activating group) is 1. The lowest BCUT2D eigenvalue weighted by atomic mass is 10.2. The van der Waals surface area contributed by atoms with E-state index in [1.54, 1.807) is 0 Å². The van der Waals surface area contributed by atoms with Crippen molar-refractivity contribution in [3.63, 3.8) is 0 Å². The molecule has 1 atom stereocenters. The second-order valence-corrected chi connectivity index (χ2v) is 7.04. The Morgan fingerprint density at radius 3 is 2.28 bits per heavy atom. The van der Waals surface area contributed by atoms with E-state index in [4.69, 9.17) is 9.47 Å². The molecule has 1 unspecified atom stereocenters. The largest absolute Gasteiger partial charge is 0.495 e. The SMILES string of the molecule is COc1ccc(Oc2ccc(C(F)(F)F)cc2)cc1NC(=O)C1CN(C)C(=O)N1C(C)=O. The van der Waals surface area contributed by atoms with Crippen LogP contribution >= 0.6 is 0 Å². The second-order valence-electron chi connectivity index (χ2n) is 7.04. The molecule has 11 heteroatoms. The Morgan fingerprint density at radius 2 is 1.72 bits per heavy atom. The summed E-state index contributed by atoms with van der Waals surface area (Å²) >= 11 is 0. The normalized spacial score (nSPS) is 16.2. The van der Waals surface area contributed by atoms with E-state index in [2.05, 4.69) is 5.32 Å². The first-order valence-corrected chi connectivity index (χ1v) is 9.40. The van der Waals surface area contributed by atoms with Crippen molar-refractivity contribution >= 4 is 23.5 Å². The van der Waals surface area contributed by atoms with Gasteiger partial charge in [-0.15, -0.1) is 0 Å². The molecule has 2 aromatic rings. The maximum atomic E-state index is 12.8. The van der Waals surface area contributed by atoms with Gasteiger partial charge in [-0.3, -0.25) is 9.59 Å². The molecule has 0 aliphatic carbocycles. The predicted molar refractivity (Wildman–Crippen MR) is 107 cm³/mol. The van der Waals surface area contributed by atoms with E-state index in [1.807, 2.05) is 0 Å². The topological polar surface area (TPSA) is 88.2 Å². The molecule has 1 aliphatic rings. The molecule has 3 rings (SSSR count). The summed E-state index contributed by atoms with van der Waals surface area (Å²) in [6.45, 7) is 1.21. The monoisotopic (exact) mass is 451 g/mol. The minimum Gasteiger partial charge on any atom is -0.495 e. The average molecular weight is 451 g/mol. The lowest BCUT2D eigenvalue weighted by Gasteiger charge is -2.20. The Labute approximate surface area is 181 Å². The van der Waals surface area contributed by atoms with E-state index in [0.29, 0.717) is 0 Å². The Hall–Kier alpha value is -3.76. The molecule has 32 heavy (non-hydrogen) atoms. The number of benzene rings is 2. The molecular formula is C21H20F3N3O5. The molecule has 1 aliphatic heterocycles. The first kappa shape index (κ1) is 22.9. The molecule has 0 aromatic heterocycles. The zero-order chi connectivity index (χ0) is 23.6. The van der Waals surface area contributed by atoms with Crippen LogP contribution in [0.2, 0.25) is 0 Å². The minimum absolute atomic E-state index is 0.0221. The fraction of sp³-hybridized carbons (Fsp3) is 0.286. The average Bonchev–Trinajstić information content (AvgIpc) is 3.03. The lowest BCUT2D eigenvalue weighted by Crippen LogP contribution is -2.45. The Bertz CT molecular complexity index is 1040. The van der Waals surface area contributed by atoms with E-state index < -0.39 is 35.6 Å². The summed E-state index contributed by atoms with van der Waals surface area (Å²) in [6, 6.07) is 6.97. The maximum Gasteiger partial charge on any atom is 0.416 e. The van der Waals surface area contributed by atoms with Crippen molar-refractivity contribution in [1.29, 1.82) is 0 Å². The molecular weight excluding hydrogens is 431 g/mol. The number of halogens is 3. The van der Waals surface area contributed by atoms with Gasteiger partial charge < -0.3 is 19.7 Å². The highest BCUT2D eigenvalue weighted by Gasteiger charge is 2.42. The molecule has 1 N–H and O–H groups in total. The summed E-state index contributed by atoms with van der Waals surface area (Å²) in [4.78, 5) is 38.9. The molecule has 1 fully saturated rings. The van der Waals surface area contributed by atoms with Gasteiger partial charge in [-0.2, -0.15) is 13.2 Å². The maximum absolute atomic E-state index is 12.8. The Kier molecular flexibility index (Phi) is 6.28. The number of methoxy groups -OCH3 is 1. The zero-order valence-electron chi connectivity index (χ0n) is 17.4. The van der Waals surface area contributed by atoms with Crippen LogP contribution in [0.5, 0.6) is 17.2 Å². The Morgan fingerprint density at radius 1 is 1.09 bits per heavy atom. The molecule has 2 aromatic carbocycles. The number of nitrogens with one attached hydrogen (secondary N) is 1. The van der Waals surface area contributed by atoms with Gasteiger partial charge in [0.1, 0.15) is 23.3 Å². The molecule has 4 amide bonds. The quantitative estimate of drug-likeness (QED) is 0.749. The molecule has 0 spiro atoms. The number of carbonyl (C=O) groups is 3. The lowest BCUT2D eigenvalue weighted by molar-refractivity contribution is -0.137. The van der Waals surface area contributed by atoms with Gasteiger partial charge in [0.05, 0.1) is 24.9 Å². The number of carbonyl (C=O) groups excluding carboxylic acids is 3. The van der Waals surface area contributed by atoms with Crippen LogP contribution in [0.1, 0.15) is 12.5 Å². The van der Waals surface area contributed by atoms with E-state index in [-0.39, 0.29) is 29.5 Å². The van der Waals surface area contributed by atoms with Crippen LogP contribution in [0.3, 0.4) is 0 Å². The molecule has 0 bridgehead atoms. The number of hydrogen-bond acceptors (Lipinski definition) is 5. The number of amides is 4. The van der Waals surface area contributed by atoms with Crippen LogP contribution in [0.25, 0.3) is 0 Å². The third kappa shape index (κ3) is 4.76. The van der Waals surface area contributed by atoms with E-state index in [9.17, 15) is 27.6 Å². The van der Waals surface area contributed by atoms with Gasteiger partial charge in [0, 0.05) is 20.0 Å². The number of nitrogens with zero attached hydrogens (tertiary/aromatic N) is 2. The molecule has 8 nitrogen and oxygen atoms in total. The van der Waals surface area contributed by atoms with Crippen molar-refractivity contribution in [2.75, 3.05) is 26.0 Å². The number of anilines is 1. The summed E-state index contributed by atoms with van der Waals surface area (Å²) in [5.41, 5.74) is -0.606. The molecule has 0 saturated carbocycles. The number of imide groups is 1. The zero-order valence-corrected chi connectivity index (χ0v) is 17.4. The van der Waals surface area contributed by atoms with E-state index >= 15 is 0 Å². The smallest absolute Gasteiger partial charge is 0.416 e. The van der Waals surface area contributed by atoms with E-state index in [1.165, 1.54) is 56.3 Å². The van der Waals surface area contributed by atoms with Crippen LogP contribution in [0.15, 0.2) is 42.5 Å². The standard InChI is InChI=1S/C21H20F3N3O5/c1-12(28)27-17(11-26(2)20(27)30)19(29)25-16-10-15(8-9-18(16)31-3)32-14-6-4-13(5-7-14)21(22,23)24/h4-10,17H,11H2,1-3H3,(H,25,29). The number of alkyl halides is 3. The van der Waals surface area contributed by atoms with Gasteiger partial charge in [0.2, 0.25) is 11.8 Å². The predicted octanol–water partition coefficient (Wildman–Crippen LogP) is 3.73. The summed E-state index contributed by atoms with van der Waals surface area (Å²) in [7, 11) is 2.86. The highest BCUT2D eigenvalue weighted by Crippen LogP contribution is 2.34. The fourth-order valence-electron chi connectivity index (χ4n) is 3.20. The minimum atomic E-state index is -4.46. The molecule has 170 valence electrons. The summed E-state index contributed by atoms with van der Waals surface area (Å²) in [5, 5.41) is 2.62. The van der Waals surface area contributed by atoms with Crippen molar-refractivity contribution in [2.24, 2.45) is 0 Å². The van der Waals surface area contributed by atoms with Gasteiger partial charge >= 0.3 is 12.2 Å². The van der Waals surface area contributed by atoms with Crippen molar-refractivity contribution in [3.8, 4) is 17.2 Å². The fourth-order valence-corrected chi connectivity index (χ4v) is 3.20. The number of rotatable bonds is 5. The van der Waals surface area contributed by atoms with Gasteiger partial charge in [-0.25, -0.2) is 9.69 Å². The molecule has 0 radical (unpaired) electrons. The van der Waals surface area contributed by atoms with Gasteiger partial charge in [0.25, 0.3) is 0 Å². The van der Waals surface area contributed by atoms with Crippen molar-refractivity contribution in [3.05, 3.63) is 48.0 Å². The summed E-state index contributed by atoms with van der Waals surface area (Å²) in [6.07, 6.45) is -4.46. The van der Waals surface area contributed by atoms with Crippen molar-refractivity contribution in [1.82, 2.24) is 9.80 Å². The third-order valence-corrected chi connectivity index (χ3v) is 4.78. The second kappa shape index (κ2) is 8.77. The van der Waals surface area contributed by atoms with Gasteiger partial charge in [-0.05, 0) is 36.4 Å². The summed E-state index contributed by atoms with van der Waals surface area (Å²) < 4.78 is 49.0. The van der Waals surface area contributed by atoms with Crippen LogP contribution in [0, 0.1) is 0 Å². The number of urea groups is 1. The highest BCUT2D eigenvalue weighted by molar-refractivity contribution is 6.05. The first-order valence-electron chi connectivity index (χ1n) is 9.40.